The van der Waals surface area contributed by atoms with Crippen LogP contribution in [0.2, 0.25) is 5.02 Å². The maximum Gasteiger partial charge on any atom is 0.319 e. The highest BCUT2D eigenvalue weighted by atomic mass is 35.5. The number of hydrogen-bond acceptors (Lipinski definition) is 2. The lowest BCUT2D eigenvalue weighted by atomic mass is 9.74. The first kappa shape index (κ1) is 14.7. The lowest BCUT2D eigenvalue weighted by molar-refractivity contribution is -0.139. The molecule has 0 aliphatic heterocycles. The molecule has 0 radical (unpaired) electrons. The highest BCUT2D eigenvalue weighted by molar-refractivity contribution is 6.33. The van der Waals surface area contributed by atoms with Crippen molar-refractivity contribution in [3.05, 3.63) is 28.8 Å². The van der Waals surface area contributed by atoms with Crippen LogP contribution in [0.15, 0.2) is 18.2 Å². The lowest BCUT2D eigenvalue weighted by Crippen LogP contribution is -2.55. The van der Waals surface area contributed by atoms with Crippen molar-refractivity contribution in [2.24, 2.45) is 0 Å². The van der Waals surface area contributed by atoms with Gasteiger partial charge in [-0.3, -0.25) is 4.79 Å². The summed E-state index contributed by atoms with van der Waals surface area (Å²) in [6.45, 7) is 1.90. The number of urea groups is 1. The predicted octanol–water partition coefficient (Wildman–Crippen LogP) is 3.17. The Kier molecular flexibility index (Phi) is 4.18. The highest BCUT2D eigenvalue weighted by Gasteiger charge is 2.40. The van der Waals surface area contributed by atoms with Crippen LogP contribution in [0.1, 0.15) is 31.2 Å². The van der Waals surface area contributed by atoms with Crippen LogP contribution >= 0.6 is 11.6 Å². The second kappa shape index (κ2) is 5.71. The number of benzene rings is 1. The van der Waals surface area contributed by atoms with Crippen molar-refractivity contribution in [3.8, 4) is 0 Å². The molecule has 3 N–H and O–H groups in total. The standard InChI is InChI=1S/C14H17ClN2O3/c1-9-3-4-10(15)11(7-9)16-13(20)17-14(5-2-6-14)8-12(18)19/h3-4,7H,2,5-6,8H2,1H3,(H,18,19)(H2,16,17,20). The molecule has 1 saturated carbocycles. The van der Waals surface area contributed by atoms with Crippen LogP contribution in [-0.2, 0) is 4.79 Å². The molecule has 6 heteroatoms. The number of amides is 2. The Morgan fingerprint density at radius 2 is 2.10 bits per heavy atom. The third-order valence-corrected chi connectivity index (χ3v) is 3.88. The molecule has 2 amide bonds. The minimum atomic E-state index is -0.904. The van der Waals surface area contributed by atoms with Crippen molar-refractivity contribution < 1.29 is 14.7 Å². The number of carboxylic acids is 1. The second-order valence-electron chi connectivity index (χ2n) is 5.27. The van der Waals surface area contributed by atoms with Gasteiger partial charge >= 0.3 is 12.0 Å². The van der Waals surface area contributed by atoms with E-state index in [2.05, 4.69) is 10.6 Å². The zero-order valence-electron chi connectivity index (χ0n) is 11.2. The molecule has 0 saturated heterocycles. The lowest BCUT2D eigenvalue weighted by Gasteiger charge is -2.41. The summed E-state index contributed by atoms with van der Waals surface area (Å²) < 4.78 is 0. The molecular weight excluding hydrogens is 280 g/mol. The smallest absolute Gasteiger partial charge is 0.319 e. The highest BCUT2D eigenvalue weighted by Crippen LogP contribution is 2.35. The molecule has 2 rings (SSSR count). The summed E-state index contributed by atoms with van der Waals surface area (Å²) in [5.41, 5.74) is 0.884. The van der Waals surface area contributed by atoms with E-state index in [0.717, 1.165) is 12.0 Å². The summed E-state index contributed by atoms with van der Waals surface area (Å²) in [4.78, 5) is 22.8. The minimum Gasteiger partial charge on any atom is -0.481 e. The largest absolute Gasteiger partial charge is 0.481 e. The Hall–Kier alpha value is -1.75. The number of carbonyl (C=O) groups is 2. The molecule has 5 nitrogen and oxygen atoms in total. The molecule has 0 spiro atoms. The molecule has 108 valence electrons. The van der Waals surface area contributed by atoms with E-state index in [1.54, 1.807) is 12.1 Å². The Bertz CT molecular complexity index is 541. The summed E-state index contributed by atoms with van der Waals surface area (Å²) in [7, 11) is 0. The van der Waals surface area contributed by atoms with Gasteiger partial charge < -0.3 is 15.7 Å². The normalized spacial score (nSPS) is 16.1. The quantitative estimate of drug-likeness (QED) is 0.798. The van der Waals surface area contributed by atoms with Gasteiger partial charge in [0, 0.05) is 0 Å². The third kappa shape index (κ3) is 3.42. The molecule has 0 atom stereocenters. The first-order chi connectivity index (χ1) is 9.40. The van der Waals surface area contributed by atoms with Crippen LogP contribution in [0.25, 0.3) is 0 Å². The zero-order chi connectivity index (χ0) is 14.8. The molecule has 0 bridgehead atoms. The summed E-state index contributed by atoms with van der Waals surface area (Å²) in [5.74, 6) is -0.904. The monoisotopic (exact) mass is 296 g/mol. The van der Waals surface area contributed by atoms with Crippen molar-refractivity contribution in [3.63, 3.8) is 0 Å². The SMILES string of the molecule is Cc1ccc(Cl)c(NC(=O)NC2(CC(=O)O)CCC2)c1. The maximum absolute atomic E-state index is 12.0. The number of anilines is 1. The molecule has 1 aliphatic carbocycles. The zero-order valence-corrected chi connectivity index (χ0v) is 12.0. The molecular formula is C14H17ClN2O3. The minimum absolute atomic E-state index is 0.0536. The van der Waals surface area contributed by atoms with Crippen molar-refractivity contribution >= 4 is 29.3 Å². The van der Waals surface area contributed by atoms with E-state index in [0.29, 0.717) is 23.6 Å². The van der Waals surface area contributed by atoms with Gasteiger partial charge in [0.25, 0.3) is 0 Å². The fraction of sp³-hybridized carbons (Fsp3) is 0.429. The van der Waals surface area contributed by atoms with E-state index in [9.17, 15) is 9.59 Å². The topological polar surface area (TPSA) is 78.4 Å². The molecule has 0 heterocycles. The Balaban J connectivity index is 2.01. The fourth-order valence-corrected chi connectivity index (χ4v) is 2.53. The van der Waals surface area contributed by atoms with Gasteiger partial charge in [-0.05, 0) is 43.9 Å². The maximum atomic E-state index is 12.0. The number of hydrogen-bond donors (Lipinski definition) is 3. The number of aryl methyl sites for hydroxylation is 1. The third-order valence-electron chi connectivity index (χ3n) is 3.55. The van der Waals surface area contributed by atoms with Crippen LogP contribution in [-0.4, -0.2) is 22.6 Å². The molecule has 1 aromatic rings. The Labute approximate surface area is 122 Å². The molecule has 1 aliphatic rings. The van der Waals surface area contributed by atoms with Crippen molar-refractivity contribution in [2.45, 2.75) is 38.1 Å². The van der Waals surface area contributed by atoms with Crippen molar-refractivity contribution in [1.82, 2.24) is 5.32 Å². The van der Waals surface area contributed by atoms with Gasteiger partial charge in [-0.1, -0.05) is 17.7 Å². The summed E-state index contributed by atoms with van der Waals surface area (Å²) in [6, 6.07) is 4.91. The molecule has 0 aromatic heterocycles. The summed E-state index contributed by atoms with van der Waals surface area (Å²) >= 11 is 6.01. The number of carboxylic acid groups (broad SMARTS) is 1. The molecule has 0 unspecified atom stereocenters. The second-order valence-corrected chi connectivity index (χ2v) is 5.67. The van der Waals surface area contributed by atoms with Gasteiger partial charge in [0.2, 0.25) is 0 Å². The summed E-state index contributed by atoms with van der Waals surface area (Å²) in [5, 5.41) is 14.8. The Morgan fingerprint density at radius 1 is 1.40 bits per heavy atom. The molecule has 1 fully saturated rings. The molecule has 1 aromatic carbocycles. The van der Waals surface area contributed by atoms with Gasteiger partial charge in [0.1, 0.15) is 0 Å². The van der Waals surface area contributed by atoms with Crippen LogP contribution in [0, 0.1) is 6.92 Å². The van der Waals surface area contributed by atoms with Gasteiger partial charge in [-0.2, -0.15) is 0 Å². The number of rotatable bonds is 4. The number of aliphatic carboxylic acids is 1. The van der Waals surface area contributed by atoms with Crippen molar-refractivity contribution in [2.75, 3.05) is 5.32 Å². The first-order valence-corrected chi connectivity index (χ1v) is 6.85. The van der Waals surface area contributed by atoms with Crippen LogP contribution in [0.5, 0.6) is 0 Å². The molecule has 20 heavy (non-hydrogen) atoms. The van der Waals surface area contributed by atoms with Gasteiger partial charge in [0.15, 0.2) is 0 Å². The van der Waals surface area contributed by atoms with E-state index in [4.69, 9.17) is 16.7 Å². The number of carbonyl (C=O) groups excluding carboxylic acids is 1. The van der Waals surface area contributed by atoms with Gasteiger partial charge in [-0.15, -0.1) is 0 Å². The number of nitrogens with one attached hydrogen (secondary N) is 2. The fourth-order valence-electron chi connectivity index (χ4n) is 2.37. The van der Waals surface area contributed by atoms with E-state index in [1.807, 2.05) is 13.0 Å². The van der Waals surface area contributed by atoms with Crippen LogP contribution < -0.4 is 10.6 Å². The van der Waals surface area contributed by atoms with Crippen LogP contribution in [0.3, 0.4) is 0 Å². The van der Waals surface area contributed by atoms with Crippen LogP contribution in [0.4, 0.5) is 10.5 Å². The average molecular weight is 297 g/mol. The average Bonchev–Trinajstić information content (AvgIpc) is 2.30. The predicted molar refractivity (Wildman–Crippen MR) is 77.2 cm³/mol. The van der Waals surface area contributed by atoms with Crippen molar-refractivity contribution in [1.29, 1.82) is 0 Å². The number of halogens is 1. The van der Waals surface area contributed by atoms with E-state index in [-0.39, 0.29) is 6.42 Å². The van der Waals surface area contributed by atoms with E-state index < -0.39 is 17.5 Å². The van der Waals surface area contributed by atoms with E-state index >= 15 is 0 Å². The Morgan fingerprint density at radius 3 is 2.65 bits per heavy atom. The van der Waals surface area contributed by atoms with Gasteiger partial charge in [-0.25, -0.2) is 4.79 Å². The van der Waals surface area contributed by atoms with Gasteiger partial charge in [0.05, 0.1) is 22.7 Å². The summed E-state index contributed by atoms with van der Waals surface area (Å²) in [6.07, 6.45) is 2.25. The van der Waals surface area contributed by atoms with E-state index in [1.165, 1.54) is 0 Å². The first-order valence-electron chi connectivity index (χ1n) is 6.47.